The van der Waals surface area contributed by atoms with E-state index in [1.54, 1.807) is 13.0 Å². The summed E-state index contributed by atoms with van der Waals surface area (Å²) in [6.45, 7) is 5.67. The van der Waals surface area contributed by atoms with Crippen LogP contribution in [0.2, 0.25) is 0 Å². The Morgan fingerprint density at radius 2 is 2.04 bits per heavy atom. The number of piperazine rings is 1. The number of alkyl halides is 3. The molecule has 1 aromatic carbocycles. The molecule has 8 heteroatoms. The fourth-order valence-corrected chi connectivity index (χ4v) is 3.20. The fraction of sp³-hybridized carbons (Fsp3) is 0.529. The van der Waals surface area contributed by atoms with E-state index in [4.69, 9.17) is 4.42 Å². The van der Waals surface area contributed by atoms with Crippen molar-refractivity contribution in [3.63, 3.8) is 0 Å². The highest BCUT2D eigenvalue weighted by Gasteiger charge is 2.33. The molecule has 0 amide bonds. The van der Waals surface area contributed by atoms with Crippen LogP contribution >= 0.6 is 0 Å². The van der Waals surface area contributed by atoms with Crippen molar-refractivity contribution in [1.82, 2.24) is 10.2 Å². The lowest BCUT2D eigenvalue weighted by atomic mass is 10.1. The normalized spacial score (nSPS) is 18.7. The second-order valence-corrected chi connectivity index (χ2v) is 6.23. The molecule has 0 spiro atoms. The van der Waals surface area contributed by atoms with Crippen LogP contribution in [0.4, 0.5) is 24.9 Å². The van der Waals surface area contributed by atoms with Crippen LogP contribution in [0.15, 0.2) is 28.7 Å². The Labute approximate surface area is 144 Å². The van der Waals surface area contributed by atoms with Crippen molar-refractivity contribution in [3.8, 4) is 0 Å². The quantitative estimate of drug-likeness (QED) is 0.833. The van der Waals surface area contributed by atoms with Gasteiger partial charge in [-0.2, -0.15) is 13.2 Å². The second kappa shape index (κ2) is 6.93. The third-order valence-corrected chi connectivity index (χ3v) is 4.40. The van der Waals surface area contributed by atoms with Gasteiger partial charge in [-0.15, -0.1) is 5.10 Å². The molecule has 5 nitrogen and oxygen atoms in total. The van der Waals surface area contributed by atoms with Gasteiger partial charge in [0.1, 0.15) is 0 Å². The molecule has 1 unspecified atom stereocenters. The van der Waals surface area contributed by atoms with Gasteiger partial charge in [-0.3, -0.25) is 0 Å². The Morgan fingerprint density at radius 1 is 1.24 bits per heavy atom. The first-order valence-corrected chi connectivity index (χ1v) is 8.37. The lowest BCUT2D eigenvalue weighted by Crippen LogP contribution is -2.53. The SMILES string of the molecule is CCCC1CN(c2cccc(C(F)(F)F)c2)CCN1c1nnc(C)o1. The predicted molar refractivity (Wildman–Crippen MR) is 88.7 cm³/mol. The molecule has 1 aliphatic rings. The topological polar surface area (TPSA) is 45.4 Å². The third kappa shape index (κ3) is 3.88. The largest absolute Gasteiger partial charge is 0.416 e. The van der Waals surface area contributed by atoms with E-state index in [0.29, 0.717) is 37.2 Å². The van der Waals surface area contributed by atoms with E-state index in [9.17, 15) is 13.2 Å². The van der Waals surface area contributed by atoms with Crippen LogP contribution in [0.1, 0.15) is 31.2 Å². The number of nitrogens with zero attached hydrogens (tertiary/aromatic N) is 4. The summed E-state index contributed by atoms with van der Waals surface area (Å²) in [5.74, 6) is 0.505. The molecule has 0 radical (unpaired) electrons. The van der Waals surface area contributed by atoms with Gasteiger partial charge in [0.15, 0.2) is 0 Å². The number of rotatable bonds is 4. The van der Waals surface area contributed by atoms with Crippen LogP contribution in [-0.4, -0.2) is 35.9 Å². The van der Waals surface area contributed by atoms with Gasteiger partial charge in [0.05, 0.1) is 11.6 Å². The summed E-state index contributed by atoms with van der Waals surface area (Å²) in [7, 11) is 0. The molecule has 0 saturated carbocycles. The number of aromatic nitrogens is 2. The predicted octanol–water partition coefficient (Wildman–Crippen LogP) is 3.89. The minimum atomic E-state index is -4.33. The van der Waals surface area contributed by atoms with Gasteiger partial charge < -0.3 is 14.2 Å². The van der Waals surface area contributed by atoms with E-state index in [2.05, 4.69) is 22.0 Å². The molecule has 1 aromatic heterocycles. The highest BCUT2D eigenvalue weighted by atomic mass is 19.4. The average Bonchev–Trinajstić information content (AvgIpc) is 3.01. The van der Waals surface area contributed by atoms with E-state index in [-0.39, 0.29) is 6.04 Å². The van der Waals surface area contributed by atoms with Gasteiger partial charge in [-0.05, 0) is 24.6 Å². The summed E-state index contributed by atoms with van der Waals surface area (Å²) in [4.78, 5) is 4.06. The Hall–Kier alpha value is -2.25. The summed E-state index contributed by atoms with van der Waals surface area (Å²) in [5, 5.41) is 7.96. The van der Waals surface area contributed by atoms with Crippen molar-refractivity contribution in [1.29, 1.82) is 0 Å². The van der Waals surface area contributed by atoms with Crippen LogP contribution in [0.3, 0.4) is 0 Å². The summed E-state index contributed by atoms with van der Waals surface area (Å²) in [6.07, 6.45) is -2.47. The molecule has 136 valence electrons. The molecule has 1 fully saturated rings. The van der Waals surface area contributed by atoms with Gasteiger partial charge >= 0.3 is 12.2 Å². The first-order chi connectivity index (χ1) is 11.9. The van der Waals surface area contributed by atoms with E-state index < -0.39 is 11.7 Å². The standard InChI is InChI=1S/C17H21F3N4O/c1-3-5-15-11-23(8-9-24(15)16-22-21-12(2)25-16)14-7-4-6-13(10-14)17(18,19)20/h4,6-7,10,15H,3,5,8-9,11H2,1-2H3. The summed E-state index contributed by atoms with van der Waals surface area (Å²) in [5.41, 5.74) is -0.0238. The van der Waals surface area contributed by atoms with Crippen LogP contribution < -0.4 is 9.80 Å². The summed E-state index contributed by atoms with van der Waals surface area (Å²) in [6, 6.07) is 6.11. The number of hydrogen-bond donors (Lipinski definition) is 0. The maximum absolute atomic E-state index is 13.0. The summed E-state index contributed by atoms with van der Waals surface area (Å²) < 4.78 is 44.4. The zero-order chi connectivity index (χ0) is 18.0. The lowest BCUT2D eigenvalue weighted by Gasteiger charge is -2.41. The molecule has 2 heterocycles. The highest BCUT2D eigenvalue weighted by molar-refractivity contribution is 5.51. The van der Waals surface area contributed by atoms with E-state index >= 15 is 0 Å². The van der Waals surface area contributed by atoms with Crippen LogP contribution in [0.5, 0.6) is 0 Å². The first kappa shape index (κ1) is 17.6. The van der Waals surface area contributed by atoms with Crippen molar-refractivity contribution < 1.29 is 17.6 Å². The van der Waals surface area contributed by atoms with Crippen LogP contribution in [0, 0.1) is 6.92 Å². The van der Waals surface area contributed by atoms with Crippen molar-refractivity contribution >= 4 is 11.7 Å². The van der Waals surface area contributed by atoms with Gasteiger partial charge in [-0.1, -0.05) is 24.5 Å². The molecule has 3 rings (SSSR count). The summed E-state index contributed by atoms with van der Waals surface area (Å²) >= 11 is 0. The molecule has 1 saturated heterocycles. The maximum Gasteiger partial charge on any atom is 0.416 e. The van der Waals surface area contributed by atoms with E-state index in [1.807, 2.05) is 4.90 Å². The molecule has 1 atom stereocenters. The molecule has 1 aliphatic heterocycles. The number of aryl methyl sites for hydroxylation is 1. The Kier molecular flexibility index (Phi) is 4.87. The van der Waals surface area contributed by atoms with Crippen LogP contribution in [0.25, 0.3) is 0 Å². The van der Waals surface area contributed by atoms with Crippen molar-refractivity contribution in [3.05, 3.63) is 35.7 Å². The smallest absolute Gasteiger partial charge is 0.408 e. The highest BCUT2D eigenvalue weighted by Crippen LogP contribution is 2.33. The monoisotopic (exact) mass is 354 g/mol. The minimum absolute atomic E-state index is 0.119. The fourth-order valence-electron chi connectivity index (χ4n) is 3.20. The van der Waals surface area contributed by atoms with Crippen LogP contribution in [-0.2, 0) is 6.18 Å². The molecular formula is C17H21F3N4O. The minimum Gasteiger partial charge on any atom is -0.408 e. The first-order valence-electron chi connectivity index (χ1n) is 8.37. The number of hydrogen-bond acceptors (Lipinski definition) is 5. The Morgan fingerprint density at radius 3 is 2.68 bits per heavy atom. The molecular weight excluding hydrogens is 333 g/mol. The molecule has 0 bridgehead atoms. The van der Waals surface area contributed by atoms with Gasteiger partial charge in [0.25, 0.3) is 0 Å². The van der Waals surface area contributed by atoms with Crippen molar-refractivity contribution in [2.24, 2.45) is 0 Å². The number of halogens is 3. The molecule has 0 N–H and O–H groups in total. The van der Waals surface area contributed by atoms with Crippen molar-refractivity contribution in [2.75, 3.05) is 29.4 Å². The zero-order valence-corrected chi connectivity index (χ0v) is 14.3. The van der Waals surface area contributed by atoms with Crippen molar-refractivity contribution in [2.45, 2.75) is 38.9 Å². The van der Waals surface area contributed by atoms with E-state index in [1.165, 1.54) is 12.1 Å². The maximum atomic E-state index is 13.0. The van der Waals surface area contributed by atoms with E-state index in [0.717, 1.165) is 18.9 Å². The lowest BCUT2D eigenvalue weighted by molar-refractivity contribution is -0.137. The Balaban J connectivity index is 1.80. The van der Waals surface area contributed by atoms with Gasteiger partial charge in [-0.25, -0.2) is 0 Å². The van der Waals surface area contributed by atoms with Gasteiger partial charge in [0, 0.05) is 32.2 Å². The number of benzene rings is 1. The second-order valence-electron chi connectivity index (χ2n) is 6.23. The molecule has 25 heavy (non-hydrogen) atoms. The Bertz CT molecular complexity index is 716. The number of anilines is 2. The molecule has 2 aromatic rings. The van der Waals surface area contributed by atoms with Gasteiger partial charge in [0.2, 0.25) is 5.89 Å². The third-order valence-electron chi connectivity index (χ3n) is 4.40. The average molecular weight is 354 g/mol. The molecule has 0 aliphatic carbocycles. The zero-order valence-electron chi connectivity index (χ0n) is 14.3.